The topological polar surface area (TPSA) is 96.6 Å². The molecule has 2 aliphatic heterocycles. The zero-order valence-electron chi connectivity index (χ0n) is 19.3. The molecule has 0 bridgehead atoms. The molecule has 2 aromatic carbocycles. The first kappa shape index (κ1) is 22.1. The fraction of sp³-hybridized carbons (Fsp3) is 0.360. The number of nitro groups is 1. The van der Waals surface area contributed by atoms with E-state index in [9.17, 15) is 20.0 Å². The molecule has 1 aromatic heterocycles. The Labute approximate surface area is 196 Å². The Kier molecular flexibility index (Phi) is 5.36. The van der Waals surface area contributed by atoms with Gasteiger partial charge in [-0.05, 0) is 38.3 Å². The minimum atomic E-state index is -1.47. The van der Waals surface area contributed by atoms with Gasteiger partial charge in [-0.15, -0.1) is 0 Å². The lowest BCUT2D eigenvalue weighted by molar-refractivity contribution is -0.658. The van der Waals surface area contributed by atoms with Crippen LogP contribution in [-0.4, -0.2) is 42.9 Å². The van der Waals surface area contributed by atoms with Crippen molar-refractivity contribution in [2.75, 3.05) is 18.0 Å². The summed E-state index contributed by atoms with van der Waals surface area (Å²) in [4.78, 5) is 26.6. The molecule has 3 aromatic rings. The maximum absolute atomic E-state index is 13.7. The lowest BCUT2D eigenvalue weighted by Gasteiger charge is -2.23. The van der Waals surface area contributed by atoms with Gasteiger partial charge in [-0.25, -0.2) is 14.2 Å². The van der Waals surface area contributed by atoms with Gasteiger partial charge in [0.15, 0.2) is 6.54 Å². The average molecular weight is 463 g/mol. The van der Waals surface area contributed by atoms with Gasteiger partial charge in [-0.1, -0.05) is 30.3 Å². The molecule has 0 aliphatic carbocycles. The summed E-state index contributed by atoms with van der Waals surface area (Å²) in [5, 5.41) is 23.4. The van der Waals surface area contributed by atoms with Gasteiger partial charge >= 0.3 is 5.56 Å². The summed E-state index contributed by atoms with van der Waals surface area (Å²) >= 11 is 0. The van der Waals surface area contributed by atoms with E-state index in [4.69, 9.17) is 0 Å². The third-order valence-electron chi connectivity index (χ3n) is 7.04. The van der Waals surface area contributed by atoms with Crippen LogP contribution in [-0.2, 0) is 12.8 Å². The van der Waals surface area contributed by atoms with E-state index >= 15 is 0 Å². The quantitative estimate of drug-likeness (QED) is 0.365. The van der Waals surface area contributed by atoms with Crippen molar-refractivity contribution in [1.82, 2.24) is 9.36 Å². The molecule has 34 heavy (non-hydrogen) atoms. The third-order valence-corrected chi connectivity index (χ3v) is 7.04. The van der Waals surface area contributed by atoms with E-state index in [1.807, 2.05) is 58.5 Å². The van der Waals surface area contributed by atoms with Crippen LogP contribution in [0.15, 0.2) is 59.4 Å². The monoisotopic (exact) mass is 462 g/mol. The summed E-state index contributed by atoms with van der Waals surface area (Å²) in [6.45, 7) is 2.64. The molecule has 0 radical (unpaired) electrons. The van der Waals surface area contributed by atoms with Crippen molar-refractivity contribution in [2.45, 2.75) is 38.3 Å². The van der Waals surface area contributed by atoms with Crippen molar-refractivity contribution in [2.24, 2.45) is 7.05 Å². The van der Waals surface area contributed by atoms with E-state index in [1.54, 1.807) is 16.8 Å². The molecule has 0 unspecified atom stereocenters. The number of nitro benzene ring substituents is 1. The molecule has 1 atom stereocenters. The molecule has 0 amide bonds. The van der Waals surface area contributed by atoms with E-state index in [0.717, 1.165) is 42.9 Å². The molecular weight excluding hydrogens is 434 g/mol. The van der Waals surface area contributed by atoms with Gasteiger partial charge in [0.05, 0.1) is 22.8 Å². The number of amidine groups is 1. The van der Waals surface area contributed by atoms with Crippen LogP contribution in [0.25, 0.3) is 5.69 Å². The Morgan fingerprint density at radius 1 is 1.09 bits per heavy atom. The van der Waals surface area contributed by atoms with E-state index in [0.29, 0.717) is 17.8 Å². The molecule has 1 N–H and O–H groups in total. The number of aromatic nitrogens is 2. The molecule has 0 fully saturated rings. The summed E-state index contributed by atoms with van der Waals surface area (Å²) < 4.78 is 5.41. The minimum Gasteiger partial charge on any atom is -0.346 e. The van der Waals surface area contributed by atoms with Crippen LogP contribution in [0.2, 0.25) is 0 Å². The lowest BCUT2D eigenvalue weighted by atomic mass is 10.0. The normalized spacial score (nSPS) is 20.4. The Morgan fingerprint density at radius 3 is 2.59 bits per heavy atom. The van der Waals surface area contributed by atoms with Crippen molar-refractivity contribution in [1.29, 1.82) is 0 Å². The SMILES string of the molecule is Cc1c(N2C[C@](O)(c3cccc([N+](=O)[O-])c3)[N+]3=C2CCCCC3)c(=O)n(-c2ccccc2)n1C. The first-order valence-electron chi connectivity index (χ1n) is 11.6. The van der Waals surface area contributed by atoms with Gasteiger partial charge in [0, 0.05) is 31.2 Å². The van der Waals surface area contributed by atoms with E-state index < -0.39 is 10.6 Å². The molecule has 0 saturated heterocycles. The maximum atomic E-state index is 13.7. The molecule has 9 nitrogen and oxygen atoms in total. The van der Waals surface area contributed by atoms with Crippen LogP contribution in [0.4, 0.5) is 11.4 Å². The van der Waals surface area contributed by atoms with Crippen molar-refractivity contribution < 1.29 is 14.6 Å². The molecule has 9 heteroatoms. The summed E-state index contributed by atoms with van der Waals surface area (Å²) in [6, 6.07) is 15.6. The van der Waals surface area contributed by atoms with Gasteiger partial charge in [-0.3, -0.25) is 19.6 Å². The number of non-ortho nitro benzene ring substituents is 1. The summed E-state index contributed by atoms with van der Waals surface area (Å²) in [5.41, 5.74) is 0.830. The summed E-state index contributed by atoms with van der Waals surface area (Å²) in [5.74, 6) is 0.887. The molecular formula is C25H28N5O4+. The first-order valence-corrected chi connectivity index (χ1v) is 11.6. The average Bonchev–Trinajstić information content (AvgIpc) is 3.10. The van der Waals surface area contributed by atoms with Crippen molar-refractivity contribution in [3.05, 3.63) is 86.3 Å². The Balaban J connectivity index is 1.67. The number of aliphatic hydroxyl groups is 1. The lowest BCUT2D eigenvalue weighted by Crippen LogP contribution is -2.41. The Morgan fingerprint density at radius 2 is 1.85 bits per heavy atom. The number of para-hydroxylation sites is 1. The fourth-order valence-corrected chi connectivity index (χ4v) is 5.26. The maximum Gasteiger partial charge on any atom is 0.318 e. The summed E-state index contributed by atoms with van der Waals surface area (Å²) in [6.07, 6.45) is 3.58. The predicted octanol–water partition coefficient (Wildman–Crippen LogP) is 3.04. The number of hydrogen-bond acceptors (Lipinski definition) is 5. The standard InChI is InChI=1S/C25H28N5O4/c1-18-23(24(31)29(26(18)2)20-11-5-3-6-12-20)27-17-25(32,28-15-8-4-7-14-22(27)28)19-10-9-13-21(16-19)30(33)34/h3,5-6,9-13,16,32H,4,7-8,14-15,17H2,1-2H3/q+1/t25-/m0/s1. The van der Waals surface area contributed by atoms with Crippen LogP contribution in [0.1, 0.15) is 36.9 Å². The van der Waals surface area contributed by atoms with Crippen molar-refractivity contribution in [3.63, 3.8) is 0 Å². The number of rotatable bonds is 4. The van der Waals surface area contributed by atoms with Crippen LogP contribution in [0.5, 0.6) is 0 Å². The molecule has 2 aliphatic rings. The van der Waals surface area contributed by atoms with Crippen LogP contribution >= 0.6 is 0 Å². The van der Waals surface area contributed by atoms with E-state index in [-0.39, 0.29) is 17.8 Å². The van der Waals surface area contributed by atoms with Crippen LogP contribution in [0, 0.1) is 17.0 Å². The zero-order valence-corrected chi connectivity index (χ0v) is 19.3. The van der Waals surface area contributed by atoms with Gasteiger partial charge in [0.25, 0.3) is 17.2 Å². The third kappa shape index (κ3) is 3.35. The number of β-amino-alcohol motifs (C(OH)–C–C–N with tert-alkyl or cyclic N) is 1. The molecule has 3 heterocycles. The van der Waals surface area contributed by atoms with Gasteiger partial charge in [-0.2, -0.15) is 0 Å². The zero-order chi connectivity index (χ0) is 24.0. The van der Waals surface area contributed by atoms with Gasteiger partial charge < -0.3 is 5.11 Å². The Hall–Kier alpha value is -3.72. The number of hydrogen-bond donors (Lipinski definition) is 1. The largest absolute Gasteiger partial charge is 0.346 e. The highest BCUT2D eigenvalue weighted by Crippen LogP contribution is 2.36. The minimum absolute atomic E-state index is 0.0666. The highest BCUT2D eigenvalue weighted by molar-refractivity contribution is 5.96. The fourth-order valence-electron chi connectivity index (χ4n) is 5.26. The number of benzene rings is 2. The first-order chi connectivity index (χ1) is 16.3. The second-order valence-electron chi connectivity index (χ2n) is 9.00. The van der Waals surface area contributed by atoms with E-state index in [1.165, 1.54) is 12.1 Å². The van der Waals surface area contributed by atoms with Gasteiger partial charge in [0.1, 0.15) is 0 Å². The highest BCUT2D eigenvalue weighted by atomic mass is 16.6. The molecule has 176 valence electrons. The van der Waals surface area contributed by atoms with Crippen molar-refractivity contribution >= 4 is 17.2 Å². The number of nitrogens with zero attached hydrogens (tertiary/aromatic N) is 5. The number of anilines is 1. The second kappa shape index (κ2) is 8.25. The van der Waals surface area contributed by atoms with Crippen molar-refractivity contribution in [3.8, 4) is 5.69 Å². The summed E-state index contributed by atoms with van der Waals surface area (Å²) in [7, 11) is 1.85. The molecule has 5 rings (SSSR count). The second-order valence-corrected chi connectivity index (χ2v) is 9.00. The highest BCUT2D eigenvalue weighted by Gasteiger charge is 2.53. The smallest absolute Gasteiger partial charge is 0.318 e. The van der Waals surface area contributed by atoms with Gasteiger partial charge in [0.2, 0.25) is 5.69 Å². The van der Waals surface area contributed by atoms with Crippen LogP contribution < -0.4 is 10.5 Å². The molecule has 0 spiro atoms. The van der Waals surface area contributed by atoms with Crippen LogP contribution in [0.3, 0.4) is 0 Å². The Bertz CT molecular complexity index is 1360. The van der Waals surface area contributed by atoms with E-state index in [2.05, 4.69) is 0 Å². The predicted molar refractivity (Wildman–Crippen MR) is 129 cm³/mol. The molecule has 0 saturated carbocycles.